The van der Waals surface area contributed by atoms with Crippen LogP contribution in [0.15, 0.2) is 12.4 Å². The molecule has 2 N–H and O–H groups in total. The van der Waals surface area contributed by atoms with Crippen LogP contribution in [0.25, 0.3) is 0 Å². The van der Waals surface area contributed by atoms with E-state index in [1.54, 1.807) is 0 Å². The summed E-state index contributed by atoms with van der Waals surface area (Å²) in [4.78, 5) is 21.7. The zero-order chi connectivity index (χ0) is 14.7. The molecule has 0 radical (unpaired) electrons. The third-order valence-corrected chi connectivity index (χ3v) is 2.60. The minimum Gasteiger partial charge on any atom is -0.362 e. The topological polar surface area (TPSA) is 128 Å². The monoisotopic (exact) mass is 300 g/mol. The van der Waals surface area contributed by atoms with Gasteiger partial charge in [0.2, 0.25) is 0 Å². The number of carbonyl (C=O) groups is 1. The van der Waals surface area contributed by atoms with E-state index in [4.69, 9.17) is 16.3 Å². The van der Waals surface area contributed by atoms with Gasteiger partial charge in [0.05, 0.1) is 18.1 Å². The van der Waals surface area contributed by atoms with Crippen molar-refractivity contribution in [1.29, 1.82) is 0 Å². The Balaban J connectivity index is 2.13. The summed E-state index contributed by atoms with van der Waals surface area (Å²) in [6, 6.07) is 0. The number of aromatic nitrogens is 4. The number of ether oxygens (including phenoxy) is 1. The number of nitro groups is 1. The van der Waals surface area contributed by atoms with Gasteiger partial charge in [0.15, 0.2) is 10.7 Å². The lowest BCUT2D eigenvalue weighted by Crippen LogP contribution is -2.12. The summed E-state index contributed by atoms with van der Waals surface area (Å²) in [6.07, 6.45) is 2.92. The Morgan fingerprint density at radius 3 is 3.05 bits per heavy atom. The first kappa shape index (κ1) is 14.0. The lowest BCUT2D eigenvalue weighted by Gasteiger charge is -1.99. The third-order valence-electron chi connectivity index (χ3n) is 2.24. The van der Waals surface area contributed by atoms with Gasteiger partial charge in [0.25, 0.3) is 5.91 Å². The molecule has 11 heteroatoms. The van der Waals surface area contributed by atoms with Crippen LogP contribution in [0.5, 0.6) is 0 Å². The number of amides is 1. The van der Waals surface area contributed by atoms with Crippen LogP contribution in [0.1, 0.15) is 10.5 Å². The second-order valence-corrected chi connectivity index (χ2v) is 4.01. The van der Waals surface area contributed by atoms with Gasteiger partial charge in [-0.15, -0.1) is 5.10 Å². The van der Waals surface area contributed by atoms with Crippen molar-refractivity contribution in [2.75, 3.05) is 12.4 Å². The van der Waals surface area contributed by atoms with Gasteiger partial charge in [-0.05, 0) is 4.92 Å². The van der Waals surface area contributed by atoms with Gasteiger partial charge in [-0.25, -0.2) is 4.68 Å². The predicted molar refractivity (Wildman–Crippen MR) is 67.4 cm³/mol. The largest absolute Gasteiger partial charge is 0.362 e. The Morgan fingerprint density at radius 2 is 2.45 bits per heavy atom. The molecular formula is C9H9ClN6O4. The highest BCUT2D eigenvalue weighted by Crippen LogP contribution is 2.25. The SMILES string of the molecule is COCn1cc(NC(=O)c2n[nH]c([N+](=O)[O-])c2Cl)cn1. The van der Waals surface area contributed by atoms with Gasteiger partial charge >= 0.3 is 5.82 Å². The normalized spacial score (nSPS) is 10.5. The van der Waals surface area contributed by atoms with Crippen molar-refractivity contribution in [1.82, 2.24) is 20.0 Å². The first-order chi connectivity index (χ1) is 9.52. The van der Waals surface area contributed by atoms with Crippen LogP contribution < -0.4 is 5.32 Å². The zero-order valence-corrected chi connectivity index (χ0v) is 10.9. The van der Waals surface area contributed by atoms with Gasteiger partial charge in [-0.2, -0.15) is 5.10 Å². The molecule has 0 fully saturated rings. The maximum atomic E-state index is 11.9. The molecule has 0 aliphatic carbocycles. The molecule has 0 saturated heterocycles. The van der Waals surface area contributed by atoms with Crippen molar-refractivity contribution in [2.24, 2.45) is 0 Å². The molecule has 0 aliphatic heterocycles. The third kappa shape index (κ3) is 2.75. The van der Waals surface area contributed by atoms with Crippen molar-refractivity contribution < 1.29 is 14.5 Å². The lowest BCUT2D eigenvalue weighted by molar-refractivity contribution is -0.389. The van der Waals surface area contributed by atoms with Gasteiger partial charge in [-0.3, -0.25) is 4.79 Å². The number of halogens is 1. The highest BCUT2D eigenvalue weighted by molar-refractivity contribution is 6.35. The number of rotatable bonds is 5. The maximum Gasteiger partial charge on any atom is 0.362 e. The van der Waals surface area contributed by atoms with Gasteiger partial charge in [-0.1, -0.05) is 16.7 Å². The average Bonchev–Trinajstić information content (AvgIpc) is 2.96. The molecule has 2 heterocycles. The quantitative estimate of drug-likeness (QED) is 0.626. The van der Waals surface area contributed by atoms with E-state index in [9.17, 15) is 14.9 Å². The molecule has 0 spiro atoms. The van der Waals surface area contributed by atoms with E-state index in [1.807, 2.05) is 0 Å². The van der Waals surface area contributed by atoms with E-state index < -0.39 is 16.6 Å². The molecule has 0 unspecified atom stereocenters. The maximum absolute atomic E-state index is 11.9. The highest BCUT2D eigenvalue weighted by atomic mass is 35.5. The standard InChI is InChI=1S/C9H9ClN6O4/c1-20-4-15-3-5(2-11-15)12-9(17)7-6(10)8(14-13-7)16(18)19/h2-3H,4H2,1H3,(H,12,17)(H,13,14). The molecule has 106 valence electrons. The minimum atomic E-state index is -0.761. The summed E-state index contributed by atoms with van der Waals surface area (Å²) < 4.78 is 6.30. The summed E-state index contributed by atoms with van der Waals surface area (Å²) in [5.74, 6) is -1.22. The second kappa shape index (κ2) is 5.67. The molecule has 10 nitrogen and oxygen atoms in total. The molecule has 0 saturated carbocycles. The van der Waals surface area contributed by atoms with Crippen LogP contribution in [-0.4, -0.2) is 37.9 Å². The number of nitrogens with zero attached hydrogens (tertiary/aromatic N) is 4. The molecule has 2 aromatic heterocycles. The van der Waals surface area contributed by atoms with Gasteiger partial charge < -0.3 is 20.2 Å². The first-order valence-corrected chi connectivity index (χ1v) is 5.61. The number of hydrogen-bond donors (Lipinski definition) is 2. The Morgan fingerprint density at radius 1 is 1.70 bits per heavy atom. The Kier molecular flexibility index (Phi) is 3.96. The fraction of sp³-hybridized carbons (Fsp3) is 0.222. The number of H-pyrrole nitrogens is 1. The molecule has 2 aromatic rings. The summed E-state index contributed by atoms with van der Waals surface area (Å²) in [5, 5.41) is 22.2. The van der Waals surface area contributed by atoms with Crippen LogP contribution in [-0.2, 0) is 11.5 Å². The van der Waals surface area contributed by atoms with E-state index >= 15 is 0 Å². The second-order valence-electron chi connectivity index (χ2n) is 3.63. The Hall–Kier alpha value is -2.46. The van der Waals surface area contributed by atoms with Crippen LogP contribution in [0.3, 0.4) is 0 Å². The van der Waals surface area contributed by atoms with E-state index in [-0.39, 0.29) is 17.4 Å². The number of aromatic amines is 1. The van der Waals surface area contributed by atoms with Crippen molar-refractivity contribution in [2.45, 2.75) is 6.73 Å². The van der Waals surface area contributed by atoms with E-state index in [1.165, 1.54) is 24.2 Å². The smallest absolute Gasteiger partial charge is 0.362 e. The fourth-order valence-corrected chi connectivity index (χ4v) is 1.65. The fourth-order valence-electron chi connectivity index (χ4n) is 1.41. The van der Waals surface area contributed by atoms with Crippen molar-refractivity contribution in [3.05, 3.63) is 33.2 Å². The van der Waals surface area contributed by atoms with E-state index in [0.717, 1.165) is 0 Å². The van der Waals surface area contributed by atoms with Crippen molar-refractivity contribution in [3.63, 3.8) is 0 Å². The molecule has 20 heavy (non-hydrogen) atoms. The predicted octanol–water partition coefficient (Wildman–Crippen LogP) is 1.02. The number of anilines is 1. The van der Waals surface area contributed by atoms with Crippen molar-refractivity contribution >= 4 is 29.0 Å². The molecule has 0 bridgehead atoms. The minimum absolute atomic E-state index is 0.227. The average molecular weight is 301 g/mol. The molecular weight excluding hydrogens is 292 g/mol. The highest BCUT2D eigenvalue weighted by Gasteiger charge is 2.25. The number of carbonyl (C=O) groups excluding carboxylic acids is 1. The summed E-state index contributed by atoms with van der Waals surface area (Å²) in [5.41, 5.74) is 0.117. The number of methoxy groups -OCH3 is 1. The van der Waals surface area contributed by atoms with E-state index in [0.29, 0.717) is 5.69 Å². The molecule has 0 aromatic carbocycles. The number of nitrogens with one attached hydrogen (secondary N) is 2. The molecule has 0 atom stereocenters. The zero-order valence-electron chi connectivity index (χ0n) is 10.2. The lowest BCUT2D eigenvalue weighted by atomic mass is 10.4. The van der Waals surface area contributed by atoms with E-state index in [2.05, 4.69) is 20.6 Å². The number of hydrogen-bond acceptors (Lipinski definition) is 6. The first-order valence-electron chi connectivity index (χ1n) is 5.24. The summed E-state index contributed by atoms with van der Waals surface area (Å²) >= 11 is 5.70. The van der Waals surface area contributed by atoms with Crippen LogP contribution >= 0.6 is 11.6 Å². The molecule has 2 rings (SSSR count). The van der Waals surface area contributed by atoms with Crippen LogP contribution in [0.2, 0.25) is 5.02 Å². The Labute approximate surface area is 116 Å². The Bertz CT molecular complexity index is 651. The van der Waals surface area contributed by atoms with Gasteiger partial charge in [0, 0.05) is 7.11 Å². The molecule has 1 amide bonds. The summed E-state index contributed by atoms with van der Waals surface area (Å²) in [7, 11) is 1.50. The van der Waals surface area contributed by atoms with Crippen molar-refractivity contribution in [3.8, 4) is 0 Å². The summed E-state index contributed by atoms with van der Waals surface area (Å²) in [6.45, 7) is 0.227. The van der Waals surface area contributed by atoms with Crippen LogP contribution in [0.4, 0.5) is 11.5 Å². The van der Waals surface area contributed by atoms with Gasteiger partial charge in [0.1, 0.15) is 6.73 Å². The van der Waals surface area contributed by atoms with Crippen LogP contribution in [0, 0.1) is 10.1 Å². The molecule has 0 aliphatic rings.